The minimum atomic E-state index is -1.16. The van der Waals surface area contributed by atoms with Crippen molar-refractivity contribution in [2.75, 3.05) is 11.9 Å². The van der Waals surface area contributed by atoms with Crippen molar-refractivity contribution >= 4 is 17.6 Å². The van der Waals surface area contributed by atoms with Gasteiger partial charge in [-0.25, -0.2) is 9.78 Å². The van der Waals surface area contributed by atoms with Crippen LogP contribution in [0.1, 0.15) is 10.5 Å². The van der Waals surface area contributed by atoms with E-state index in [-0.39, 0.29) is 24.1 Å². The van der Waals surface area contributed by atoms with Gasteiger partial charge >= 0.3 is 5.97 Å². The van der Waals surface area contributed by atoms with E-state index in [0.717, 1.165) is 6.26 Å². The Morgan fingerprint density at radius 2 is 2.26 bits per heavy atom. The number of fused-ring (bicyclic) bond motifs is 1. The normalized spacial score (nSPS) is 13.4. The SMILES string of the molecule is O=C1COc2ccc(-c3nc(C(=O)O)co3)cc2N1. The van der Waals surface area contributed by atoms with E-state index in [9.17, 15) is 9.59 Å². The maximum Gasteiger partial charge on any atom is 0.357 e. The molecule has 19 heavy (non-hydrogen) atoms. The van der Waals surface area contributed by atoms with Gasteiger partial charge in [0.1, 0.15) is 12.0 Å². The molecule has 3 rings (SSSR count). The van der Waals surface area contributed by atoms with Crippen molar-refractivity contribution in [1.29, 1.82) is 0 Å². The summed E-state index contributed by atoms with van der Waals surface area (Å²) in [5, 5.41) is 11.4. The molecule has 1 aromatic carbocycles. The fourth-order valence-electron chi connectivity index (χ4n) is 1.72. The van der Waals surface area contributed by atoms with Crippen LogP contribution in [-0.4, -0.2) is 28.6 Å². The number of ether oxygens (including phenoxy) is 1. The highest BCUT2D eigenvalue weighted by atomic mass is 16.5. The molecular formula is C12H8N2O5. The van der Waals surface area contributed by atoms with Crippen molar-refractivity contribution in [3.05, 3.63) is 30.2 Å². The number of carbonyl (C=O) groups is 2. The van der Waals surface area contributed by atoms with Crippen molar-refractivity contribution in [3.8, 4) is 17.2 Å². The Balaban J connectivity index is 1.99. The number of oxazole rings is 1. The Morgan fingerprint density at radius 3 is 3.00 bits per heavy atom. The fourth-order valence-corrected chi connectivity index (χ4v) is 1.72. The number of nitrogens with zero attached hydrogens (tertiary/aromatic N) is 1. The van der Waals surface area contributed by atoms with E-state index in [1.807, 2.05) is 0 Å². The van der Waals surface area contributed by atoms with E-state index in [2.05, 4.69) is 10.3 Å². The third-order valence-electron chi connectivity index (χ3n) is 2.58. The highest BCUT2D eigenvalue weighted by Gasteiger charge is 2.18. The number of carboxylic acid groups (broad SMARTS) is 1. The summed E-state index contributed by atoms with van der Waals surface area (Å²) in [6.07, 6.45) is 1.06. The number of benzene rings is 1. The van der Waals surface area contributed by atoms with Gasteiger partial charge in [0.2, 0.25) is 5.89 Å². The van der Waals surface area contributed by atoms with E-state index in [0.29, 0.717) is 17.0 Å². The van der Waals surface area contributed by atoms with E-state index in [4.69, 9.17) is 14.3 Å². The van der Waals surface area contributed by atoms with Crippen LogP contribution < -0.4 is 10.1 Å². The Labute approximate surface area is 106 Å². The first-order valence-electron chi connectivity index (χ1n) is 5.39. The summed E-state index contributed by atoms with van der Waals surface area (Å²) in [5.41, 5.74) is 0.883. The van der Waals surface area contributed by atoms with Gasteiger partial charge in [-0.1, -0.05) is 0 Å². The Kier molecular flexibility index (Phi) is 2.45. The van der Waals surface area contributed by atoms with Gasteiger partial charge in [-0.05, 0) is 18.2 Å². The zero-order chi connectivity index (χ0) is 13.4. The number of aromatic nitrogens is 1. The maximum atomic E-state index is 11.2. The molecule has 96 valence electrons. The molecule has 0 fully saturated rings. The summed E-state index contributed by atoms with van der Waals surface area (Å²) in [6, 6.07) is 4.95. The van der Waals surface area contributed by atoms with E-state index in [1.54, 1.807) is 18.2 Å². The maximum absolute atomic E-state index is 11.2. The van der Waals surface area contributed by atoms with Crippen LogP contribution in [0, 0.1) is 0 Å². The minimum absolute atomic E-state index is 0.0193. The number of rotatable bonds is 2. The summed E-state index contributed by atoms with van der Waals surface area (Å²) in [4.78, 5) is 25.8. The standard InChI is InChI=1S/C12H8N2O5/c15-10-5-18-9-2-1-6(3-7(9)13-10)11-14-8(4-19-11)12(16)17/h1-4H,5H2,(H,13,15)(H,16,17). The first-order chi connectivity index (χ1) is 9.13. The van der Waals surface area contributed by atoms with Crippen LogP contribution >= 0.6 is 0 Å². The number of hydrogen-bond acceptors (Lipinski definition) is 5. The predicted octanol–water partition coefficient (Wildman–Crippen LogP) is 1.37. The average Bonchev–Trinajstić information content (AvgIpc) is 2.87. The van der Waals surface area contributed by atoms with Crippen LogP contribution in [0.5, 0.6) is 5.75 Å². The summed E-state index contributed by atoms with van der Waals surface area (Å²) < 4.78 is 10.3. The third kappa shape index (κ3) is 2.01. The molecular weight excluding hydrogens is 252 g/mol. The molecule has 7 nitrogen and oxygen atoms in total. The van der Waals surface area contributed by atoms with E-state index < -0.39 is 5.97 Å². The Bertz CT molecular complexity index is 677. The van der Waals surface area contributed by atoms with Crippen molar-refractivity contribution in [2.24, 2.45) is 0 Å². The number of nitrogens with one attached hydrogen (secondary N) is 1. The molecule has 0 saturated heterocycles. The monoisotopic (exact) mass is 260 g/mol. The molecule has 0 saturated carbocycles. The minimum Gasteiger partial charge on any atom is -0.482 e. The molecule has 1 aliphatic heterocycles. The predicted molar refractivity (Wildman–Crippen MR) is 63.0 cm³/mol. The summed E-state index contributed by atoms with van der Waals surface area (Å²) in [6.45, 7) is -0.0193. The van der Waals surface area contributed by atoms with Crippen molar-refractivity contribution in [1.82, 2.24) is 4.98 Å². The lowest BCUT2D eigenvalue weighted by Gasteiger charge is -2.17. The molecule has 1 aromatic heterocycles. The van der Waals surface area contributed by atoms with Gasteiger partial charge < -0.3 is 19.6 Å². The Hall–Kier alpha value is -2.83. The number of aromatic carboxylic acids is 1. The smallest absolute Gasteiger partial charge is 0.357 e. The first kappa shape index (κ1) is 11.3. The summed E-state index contributed by atoms with van der Waals surface area (Å²) in [5.74, 6) is -0.693. The molecule has 1 amide bonds. The van der Waals surface area contributed by atoms with Crippen LogP contribution in [0.4, 0.5) is 5.69 Å². The van der Waals surface area contributed by atoms with Crippen molar-refractivity contribution < 1.29 is 23.8 Å². The highest BCUT2D eigenvalue weighted by Crippen LogP contribution is 2.32. The first-order valence-corrected chi connectivity index (χ1v) is 5.39. The van der Waals surface area contributed by atoms with Crippen molar-refractivity contribution in [3.63, 3.8) is 0 Å². The van der Waals surface area contributed by atoms with Gasteiger partial charge in [-0.15, -0.1) is 0 Å². The highest BCUT2D eigenvalue weighted by molar-refractivity contribution is 5.96. The topological polar surface area (TPSA) is 102 Å². The number of hydrogen-bond donors (Lipinski definition) is 2. The van der Waals surface area contributed by atoms with Gasteiger partial charge in [0, 0.05) is 5.56 Å². The van der Waals surface area contributed by atoms with Crippen molar-refractivity contribution in [2.45, 2.75) is 0 Å². The molecule has 0 atom stereocenters. The van der Waals surface area contributed by atoms with Crippen LogP contribution in [0.25, 0.3) is 11.5 Å². The number of amides is 1. The van der Waals surface area contributed by atoms with Crippen LogP contribution in [0.2, 0.25) is 0 Å². The molecule has 0 radical (unpaired) electrons. The van der Waals surface area contributed by atoms with E-state index >= 15 is 0 Å². The van der Waals surface area contributed by atoms with Crippen LogP contribution in [0.3, 0.4) is 0 Å². The van der Waals surface area contributed by atoms with Gasteiger partial charge in [-0.3, -0.25) is 4.79 Å². The lowest BCUT2D eigenvalue weighted by Crippen LogP contribution is -2.25. The molecule has 2 heterocycles. The zero-order valence-corrected chi connectivity index (χ0v) is 9.54. The van der Waals surface area contributed by atoms with Crippen LogP contribution in [-0.2, 0) is 4.79 Å². The van der Waals surface area contributed by atoms with E-state index in [1.165, 1.54) is 0 Å². The molecule has 2 aromatic rings. The second-order valence-electron chi connectivity index (χ2n) is 3.89. The Morgan fingerprint density at radius 1 is 1.42 bits per heavy atom. The molecule has 7 heteroatoms. The summed E-state index contributed by atoms with van der Waals surface area (Å²) >= 11 is 0. The average molecular weight is 260 g/mol. The molecule has 0 aliphatic carbocycles. The molecule has 0 spiro atoms. The van der Waals surface area contributed by atoms with Crippen LogP contribution in [0.15, 0.2) is 28.9 Å². The third-order valence-corrected chi connectivity index (χ3v) is 2.58. The number of anilines is 1. The number of carboxylic acids is 1. The van der Waals surface area contributed by atoms with Gasteiger partial charge in [-0.2, -0.15) is 0 Å². The largest absolute Gasteiger partial charge is 0.482 e. The molecule has 0 unspecified atom stereocenters. The number of carbonyl (C=O) groups excluding carboxylic acids is 1. The molecule has 0 bridgehead atoms. The van der Waals surface area contributed by atoms with Gasteiger partial charge in [0.25, 0.3) is 5.91 Å². The molecule has 2 N–H and O–H groups in total. The molecule has 1 aliphatic rings. The zero-order valence-electron chi connectivity index (χ0n) is 9.54. The second-order valence-corrected chi connectivity index (χ2v) is 3.89. The fraction of sp³-hybridized carbons (Fsp3) is 0.0833. The quantitative estimate of drug-likeness (QED) is 0.845. The summed E-state index contributed by atoms with van der Waals surface area (Å²) in [7, 11) is 0. The van der Waals surface area contributed by atoms with Gasteiger partial charge in [0.15, 0.2) is 12.3 Å². The lowest BCUT2D eigenvalue weighted by atomic mass is 10.1. The lowest BCUT2D eigenvalue weighted by molar-refractivity contribution is -0.118. The second kappa shape index (κ2) is 4.13. The van der Waals surface area contributed by atoms with Gasteiger partial charge in [0.05, 0.1) is 5.69 Å².